The number of ether oxygens (including phenoxy) is 2. The van der Waals surface area contributed by atoms with Crippen LogP contribution in [0.3, 0.4) is 0 Å². The number of morpholine rings is 1. The average Bonchev–Trinajstić information content (AvgIpc) is 2.95. The molecule has 0 unspecified atom stereocenters. The summed E-state index contributed by atoms with van der Waals surface area (Å²) in [4.78, 5) is 10.6. The Balaban J connectivity index is 1.75. The summed E-state index contributed by atoms with van der Waals surface area (Å²) < 4.78 is 16.9. The first-order valence-corrected chi connectivity index (χ1v) is 7.14. The van der Waals surface area contributed by atoms with Crippen molar-refractivity contribution in [3.05, 3.63) is 36.0 Å². The molecule has 2 aromatic rings. The van der Waals surface area contributed by atoms with E-state index in [1.54, 1.807) is 0 Å². The molecule has 0 spiro atoms. The van der Waals surface area contributed by atoms with E-state index in [0.29, 0.717) is 25.6 Å². The summed E-state index contributed by atoms with van der Waals surface area (Å²) >= 11 is 0. The molecule has 3 heterocycles. The molecule has 1 saturated heterocycles. The number of aromatic nitrogens is 2. The average molecular weight is 289 g/mol. The monoisotopic (exact) mass is 289 g/mol. The van der Waals surface area contributed by atoms with Crippen molar-refractivity contribution in [3.8, 4) is 5.88 Å². The van der Waals surface area contributed by atoms with Gasteiger partial charge in [0, 0.05) is 12.6 Å². The predicted octanol–water partition coefficient (Wildman–Crippen LogP) is 2.35. The van der Waals surface area contributed by atoms with E-state index in [1.807, 2.05) is 32.0 Å². The molecule has 0 amide bonds. The molecular formula is C15H19N3O3. The summed E-state index contributed by atoms with van der Waals surface area (Å²) in [5.74, 6) is 3.20. The molecule has 21 heavy (non-hydrogen) atoms. The molecule has 3 rings (SSSR count). The highest BCUT2D eigenvalue weighted by Crippen LogP contribution is 2.27. The van der Waals surface area contributed by atoms with Gasteiger partial charge in [0.15, 0.2) is 0 Å². The molecule has 0 radical (unpaired) electrons. The Bertz CT molecular complexity index is 599. The summed E-state index contributed by atoms with van der Waals surface area (Å²) in [6.07, 6.45) is 1.46. The molecular weight excluding hydrogens is 270 g/mol. The molecule has 0 aromatic carbocycles. The zero-order valence-electron chi connectivity index (χ0n) is 12.3. The Hall–Kier alpha value is -2.08. The van der Waals surface area contributed by atoms with Gasteiger partial charge in [-0.3, -0.25) is 0 Å². The third kappa shape index (κ3) is 3.16. The van der Waals surface area contributed by atoms with Crippen molar-refractivity contribution in [3.63, 3.8) is 0 Å². The number of hydrogen-bond acceptors (Lipinski definition) is 6. The molecule has 6 nitrogen and oxygen atoms in total. The van der Waals surface area contributed by atoms with Crippen LogP contribution < -0.4 is 9.64 Å². The predicted molar refractivity (Wildman–Crippen MR) is 77.6 cm³/mol. The fourth-order valence-electron chi connectivity index (χ4n) is 2.39. The van der Waals surface area contributed by atoms with E-state index in [-0.39, 0.29) is 6.10 Å². The summed E-state index contributed by atoms with van der Waals surface area (Å²) in [5.41, 5.74) is 0. The van der Waals surface area contributed by atoms with Gasteiger partial charge < -0.3 is 18.8 Å². The summed E-state index contributed by atoms with van der Waals surface area (Å²) in [5, 5.41) is 0. The number of nitrogens with zero attached hydrogens (tertiary/aromatic N) is 3. The lowest BCUT2D eigenvalue weighted by molar-refractivity contribution is 0.0250. The van der Waals surface area contributed by atoms with E-state index in [1.165, 1.54) is 6.33 Å². The van der Waals surface area contributed by atoms with E-state index < -0.39 is 0 Å². The molecule has 112 valence electrons. The van der Waals surface area contributed by atoms with Gasteiger partial charge in [-0.15, -0.1) is 0 Å². The second kappa shape index (κ2) is 6.13. The Kier molecular flexibility index (Phi) is 4.06. The van der Waals surface area contributed by atoms with Crippen molar-refractivity contribution < 1.29 is 13.9 Å². The van der Waals surface area contributed by atoms with Gasteiger partial charge in [0.05, 0.1) is 19.8 Å². The second-order valence-corrected chi connectivity index (χ2v) is 4.90. The third-order valence-corrected chi connectivity index (χ3v) is 3.39. The maximum Gasteiger partial charge on any atom is 0.218 e. The Morgan fingerprint density at radius 2 is 2.29 bits per heavy atom. The number of furan rings is 1. The van der Waals surface area contributed by atoms with Crippen molar-refractivity contribution in [2.45, 2.75) is 20.0 Å². The maximum absolute atomic E-state index is 5.80. The van der Waals surface area contributed by atoms with Gasteiger partial charge >= 0.3 is 0 Å². The van der Waals surface area contributed by atoms with Crippen molar-refractivity contribution in [2.24, 2.45) is 0 Å². The molecule has 0 saturated carbocycles. The van der Waals surface area contributed by atoms with Crippen LogP contribution in [0.15, 0.2) is 28.9 Å². The van der Waals surface area contributed by atoms with Gasteiger partial charge in [0.1, 0.15) is 29.8 Å². The highest BCUT2D eigenvalue weighted by molar-refractivity contribution is 5.41. The van der Waals surface area contributed by atoms with Gasteiger partial charge in [-0.2, -0.15) is 0 Å². The molecule has 1 aliphatic heterocycles. The number of anilines is 1. The minimum absolute atomic E-state index is 0.0713. The van der Waals surface area contributed by atoms with Crippen molar-refractivity contribution in [1.82, 2.24) is 9.97 Å². The Labute approximate surface area is 123 Å². The Morgan fingerprint density at radius 1 is 1.38 bits per heavy atom. The summed E-state index contributed by atoms with van der Waals surface area (Å²) in [7, 11) is 0. The largest absolute Gasteiger partial charge is 0.478 e. The number of aryl methyl sites for hydroxylation is 1. The van der Waals surface area contributed by atoms with Crippen LogP contribution in [0.5, 0.6) is 5.88 Å². The molecule has 0 bridgehead atoms. The van der Waals surface area contributed by atoms with Crippen LogP contribution in [0.25, 0.3) is 0 Å². The van der Waals surface area contributed by atoms with E-state index in [4.69, 9.17) is 13.9 Å². The fraction of sp³-hybridized carbons (Fsp3) is 0.467. The van der Waals surface area contributed by atoms with E-state index in [0.717, 1.165) is 23.9 Å². The van der Waals surface area contributed by atoms with Gasteiger partial charge in [0.2, 0.25) is 5.88 Å². The topological polar surface area (TPSA) is 60.6 Å². The van der Waals surface area contributed by atoms with Crippen molar-refractivity contribution in [2.75, 3.05) is 31.2 Å². The third-order valence-electron chi connectivity index (χ3n) is 3.39. The first kappa shape index (κ1) is 13.9. The highest BCUT2D eigenvalue weighted by Gasteiger charge is 2.25. The van der Waals surface area contributed by atoms with Crippen LogP contribution in [0.1, 0.15) is 24.5 Å². The van der Waals surface area contributed by atoms with E-state index in [9.17, 15) is 0 Å². The normalized spacial score (nSPS) is 18.8. The van der Waals surface area contributed by atoms with Gasteiger partial charge in [-0.25, -0.2) is 9.97 Å². The smallest absolute Gasteiger partial charge is 0.218 e. The lowest BCUT2D eigenvalue weighted by Gasteiger charge is -2.32. The first-order chi connectivity index (χ1) is 10.3. The Morgan fingerprint density at radius 3 is 3.05 bits per heavy atom. The second-order valence-electron chi connectivity index (χ2n) is 4.90. The van der Waals surface area contributed by atoms with Crippen LogP contribution in [-0.4, -0.2) is 36.3 Å². The molecule has 1 atom stereocenters. The van der Waals surface area contributed by atoms with Crippen LogP contribution in [-0.2, 0) is 4.74 Å². The van der Waals surface area contributed by atoms with Gasteiger partial charge in [-0.1, -0.05) is 0 Å². The fourth-order valence-corrected chi connectivity index (χ4v) is 2.39. The van der Waals surface area contributed by atoms with Crippen LogP contribution in [0, 0.1) is 6.92 Å². The van der Waals surface area contributed by atoms with Gasteiger partial charge in [-0.05, 0) is 26.0 Å². The lowest BCUT2D eigenvalue weighted by Crippen LogP contribution is -2.38. The SMILES string of the molecule is CCOc1cc(N2CCO[C@H](c3ccc(C)o3)C2)ncn1. The van der Waals surface area contributed by atoms with Crippen molar-refractivity contribution >= 4 is 5.82 Å². The van der Waals surface area contributed by atoms with E-state index in [2.05, 4.69) is 14.9 Å². The summed E-state index contributed by atoms with van der Waals surface area (Å²) in [6.45, 7) is 6.59. The quantitative estimate of drug-likeness (QED) is 0.861. The summed E-state index contributed by atoms with van der Waals surface area (Å²) in [6, 6.07) is 5.78. The van der Waals surface area contributed by atoms with Gasteiger partial charge in [0.25, 0.3) is 0 Å². The molecule has 0 N–H and O–H groups in total. The zero-order chi connectivity index (χ0) is 14.7. The molecule has 1 fully saturated rings. The molecule has 1 aliphatic rings. The minimum atomic E-state index is -0.0713. The molecule has 6 heteroatoms. The van der Waals surface area contributed by atoms with Crippen molar-refractivity contribution in [1.29, 1.82) is 0 Å². The first-order valence-electron chi connectivity index (χ1n) is 7.14. The lowest BCUT2D eigenvalue weighted by atomic mass is 10.2. The minimum Gasteiger partial charge on any atom is -0.478 e. The van der Waals surface area contributed by atoms with Crippen LogP contribution in [0.4, 0.5) is 5.82 Å². The molecule has 0 aliphatic carbocycles. The van der Waals surface area contributed by atoms with E-state index >= 15 is 0 Å². The number of rotatable bonds is 4. The zero-order valence-corrected chi connectivity index (χ0v) is 12.3. The molecule has 2 aromatic heterocycles. The standard InChI is InChI=1S/C15H19N3O3/c1-3-19-15-8-14(16-10-17-15)18-6-7-20-13(9-18)12-5-4-11(2)21-12/h4-5,8,10,13H,3,6-7,9H2,1-2H3/t13-/m0/s1. The van der Waals surface area contributed by atoms with Crippen LogP contribution >= 0.6 is 0 Å². The maximum atomic E-state index is 5.80. The van der Waals surface area contributed by atoms with Crippen LogP contribution in [0.2, 0.25) is 0 Å². The highest BCUT2D eigenvalue weighted by atomic mass is 16.5. The number of hydrogen-bond donors (Lipinski definition) is 0.